The van der Waals surface area contributed by atoms with Gasteiger partial charge in [-0.3, -0.25) is 4.68 Å². The van der Waals surface area contributed by atoms with E-state index in [9.17, 15) is 8.78 Å². The molecule has 1 unspecified atom stereocenters. The van der Waals surface area contributed by atoms with E-state index in [1.165, 1.54) is 18.2 Å². The van der Waals surface area contributed by atoms with Crippen molar-refractivity contribution in [1.29, 1.82) is 0 Å². The first-order chi connectivity index (χ1) is 10.7. The van der Waals surface area contributed by atoms with Crippen molar-refractivity contribution in [2.75, 3.05) is 18.0 Å². The molecule has 2 aromatic rings. The Morgan fingerprint density at radius 3 is 2.77 bits per heavy atom. The fourth-order valence-electron chi connectivity index (χ4n) is 2.85. The van der Waals surface area contributed by atoms with Crippen LogP contribution in [0.3, 0.4) is 0 Å². The van der Waals surface area contributed by atoms with Crippen molar-refractivity contribution in [2.24, 2.45) is 0 Å². The first-order valence-electron chi connectivity index (χ1n) is 7.61. The molecule has 0 saturated carbocycles. The van der Waals surface area contributed by atoms with Gasteiger partial charge in [-0.25, -0.2) is 8.78 Å². The van der Waals surface area contributed by atoms with Crippen molar-refractivity contribution in [1.82, 2.24) is 15.1 Å². The third kappa shape index (κ3) is 3.11. The SMILES string of the molecule is CCn1cc(CNC2CCN(c3c(F)cccc3F)C2)cn1. The molecule has 0 spiro atoms. The van der Waals surface area contributed by atoms with Gasteiger partial charge in [-0.1, -0.05) is 6.07 Å². The summed E-state index contributed by atoms with van der Waals surface area (Å²) in [5, 5.41) is 7.67. The van der Waals surface area contributed by atoms with Crippen molar-refractivity contribution in [3.05, 3.63) is 47.8 Å². The Morgan fingerprint density at radius 2 is 2.09 bits per heavy atom. The lowest BCUT2D eigenvalue weighted by Gasteiger charge is -2.20. The van der Waals surface area contributed by atoms with Crippen molar-refractivity contribution in [3.63, 3.8) is 0 Å². The van der Waals surface area contributed by atoms with E-state index in [0.29, 0.717) is 13.1 Å². The molecule has 2 heterocycles. The zero-order valence-electron chi connectivity index (χ0n) is 12.6. The van der Waals surface area contributed by atoms with E-state index in [-0.39, 0.29) is 11.7 Å². The predicted molar refractivity (Wildman–Crippen MR) is 81.7 cm³/mol. The van der Waals surface area contributed by atoms with E-state index >= 15 is 0 Å². The zero-order valence-corrected chi connectivity index (χ0v) is 12.6. The maximum absolute atomic E-state index is 13.8. The summed E-state index contributed by atoms with van der Waals surface area (Å²) in [4.78, 5) is 1.78. The average Bonchev–Trinajstić information content (AvgIpc) is 3.14. The van der Waals surface area contributed by atoms with E-state index in [1.54, 1.807) is 4.90 Å². The van der Waals surface area contributed by atoms with Crippen LogP contribution < -0.4 is 10.2 Å². The Hall–Kier alpha value is -1.95. The van der Waals surface area contributed by atoms with Crippen molar-refractivity contribution < 1.29 is 8.78 Å². The average molecular weight is 306 g/mol. The van der Waals surface area contributed by atoms with Gasteiger partial charge >= 0.3 is 0 Å². The second kappa shape index (κ2) is 6.44. The molecule has 0 radical (unpaired) electrons. The fraction of sp³-hybridized carbons (Fsp3) is 0.438. The molecule has 1 aromatic carbocycles. The number of anilines is 1. The molecule has 4 nitrogen and oxygen atoms in total. The van der Waals surface area contributed by atoms with E-state index in [4.69, 9.17) is 0 Å². The summed E-state index contributed by atoms with van der Waals surface area (Å²) < 4.78 is 29.5. The number of halogens is 2. The minimum Gasteiger partial charge on any atom is -0.365 e. The highest BCUT2D eigenvalue weighted by Gasteiger charge is 2.26. The summed E-state index contributed by atoms with van der Waals surface area (Å²) in [6.07, 6.45) is 4.73. The van der Waals surface area contributed by atoms with E-state index in [0.717, 1.165) is 25.1 Å². The Morgan fingerprint density at radius 1 is 1.32 bits per heavy atom. The van der Waals surface area contributed by atoms with Crippen LogP contribution in [0.5, 0.6) is 0 Å². The van der Waals surface area contributed by atoms with E-state index < -0.39 is 11.6 Å². The molecular weight excluding hydrogens is 286 g/mol. The molecule has 118 valence electrons. The maximum Gasteiger partial charge on any atom is 0.149 e. The summed E-state index contributed by atoms with van der Waals surface area (Å²) in [5.74, 6) is -0.991. The van der Waals surface area contributed by atoms with Crippen LogP contribution >= 0.6 is 0 Å². The molecule has 0 bridgehead atoms. The van der Waals surface area contributed by atoms with Gasteiger partial charge in [0, 0.05) is 44.0 Å². The Kier molecular flexibility index (Phi) is 4.38. The van der Waals surface area contributed by atoms with Gasteiger partial charge in [-0.15, -0.1) is 0 Å². The van der Waals surface area contributed by atoms with Gasteiger partial charge in [0.2, 0.25) is 0 Å². The highest BCUT2D eigenvalue weighted by atomic mass is 19.1. The normalized spacial score (nSPS) is 18.1. The zero-order chi connectivity index (χ0) is 15.5. The predicted octanol–water partition coefficient (Wildman–Crippen LogP) is 2.55. The molecule has 1 aromatic heterocycles. The highest BCUT2D eigenvalue weighted by molar-refractivity contribution is 5.50. The van der Waals surface area contributed by atoms with Crippen LogP contribution in [0, 0.1) is 11.6 Å². The molecule has 22 heavy (non-hydrogen) atoms. The second-order valence-corrected chi connectivity index (χ2v) is 5.59. The number of rotatable bonds is 5. The molecular formula is C16H20F2N4. The summed E-state index contributed by atoms with van der Waals surface area (Å²) in [6, 6.07) is 4.23. The number of nitrogens with zero attached hydrogens (tertiary/aromatic N) is 3. The molecule has 3 rings (SSSR count). The molecule has 1 aliphatic rings. The Bertz CT molecular complexity index is 621. The van der Waals surface area contributed by atoms with Crippen LogP contribution in [0.4, 0.5) is 14.5 Å². The molecule has 1 saturated heterocycles. The first-order valence-corrected chi connectivity index (χ1v) is 7.61. The summed E-state index contributed by atoms with van der Waals surface area (Å²) >= 11 is 0. The van der Waals surface area contributed by atoms with Gasteiger partial charge in [0.25, 0.3) is 0 Å². The highest BCUT2D eigenvalue weighted by Crippen LogP contribution is 2.26. The Balaban J connectivity index is 1.58. The van der Waals surface area contributed by atoms with Gasteiger partial charge < -0.3 is 10.2 Å². The lowest BCUT2D eigenvalue weighted by molar-refractivity contribution is 0.546. The summed E-state index contributed by atoms with van der Waals surface area (Å²) in [5.41, 5.74) is 1.21. The Labute approximate surface area is 128 Å². The van der Waals surface area contributed by atoms with Crippen molar-refractivity contribution in [2.45, 2.75) is 32.5 Å². The van der Waals surface area contributed by atoms with E-state index in [2.05, 4.69) is 10.4 Å². The molecule has 1 fully saturated rings. The van der Waals surface area contributed by atoms with Crippen LogP contribution in [0.2, 0.25) is 0 Å². The summed E-state index contributed by atoms with van der Waals surface area (Å²) in [7, 11) is 0. The monoisotopic (exact) mass is 306 g/mol. The third-order valence-corrected chi connectivity index (χ3v) is 4.05. The van der Waals surface area contributed by atoms with Crippen LogP contribution in [0.25, 0.3) is 0 Å². The number of para-hydroxylation sites is 1. The number of benzene rings is 1. The number of nitrogens with one attached hydrogen (secondary N) is 1. The lowest BCUT2D eigenvalue weighted by atomic mass is 10.2. The topological polar surface area (TPSA) is 33.1 Å². The largest absolute Gasteiger partial charge is 0.365 e. The third-order valence-electron chi connectivity index (χ3n) is 4.05. The maximum atomic E-state index is 13.8. The van der Waals surface area contributed by atoms with Gasteiger partial charge in [0.1, 0.15) is 17.3 Å². The smallest absolute Gasteiger partial charge is 0.149 e. The van der Waals surface area contributed by atoms with Gasteiger partial charge in [-0.2, -0.15) is 5.10 Å². The molecule has 1 atom stereocenters. The van der Waals surface area contributed by atoms with Gasteiger partial charge in [0.05, 0.1) is 6.20 Å². The molecule has 6 heteroatoms. The number of hydrogen-bond acceptors (Lipinski definition) is 3. The van der Waals surface area contributed by atoms with Crippen LogP contribution in [0.15, 0.2) is 30.6 Å². The fourth-order valence-corrected chi connectivity index (χ4v) is 2.85. The number of aromatic nitrogens is 2. The van der Waals surface area contributed by atoms with E-state index in [1.807, 2.05) is 24.0 Å². The lowest BCUT2D eigenvalue weighted by Crippen LogP contribution is -2.32. The van der Waals surface area contributed by atoms with Gasteiger partial charge in [-0.05, 0) is 25.5 Å². The standard InChI is InChI=1S/C16H20F2N4/c1-2-22-10-12(9-20-22)8-19-13-6-7-21(11-13)16-14(17)4-3-5-15(16)18/h3-5,9-10,13,19H,2,6-8,11H2,1H3. The minimum atomic E-state index is -0.495. The molecule has 0 aliphatic carbocycles. The van der Waals surface area contributed by atoms with Crippen LogP contribution in [-0.4, -0.2) is 28.9 Å². The second-order valence-electron chi connectivity index (χ2n) is 5.59. The summed E-state index contributed by atoms with van der Waals surface area (Å²) in [6.45, 7) is 4.88. The van der Waals surface area contributed by atoms with Crippen LogP contribution in [0.1, 0.15) is 18.9 Å². The quantitative estimate of drug-likeness (QED) is 0.921. The number of hydrogen-bond donors (Lipinski definition) is 1. The van der Waals surface area contributed by atoms with Gasteiger partial charge in [0.15, 0.2) is 0 Å². The first kappa shape index (κ1) is 15.0. The molecule has 1 N–H and O–H groups in total. The minimum absolute atomic E-state index is 0.0885. The number of aryl methyl sites for hydroxylation is 1. The van der Waals surface area contributed by atoms with Crippen molar-refractivity contribution in [3.8, 4) is 0 Å². The molecule has 1 aliphatic heterocycles. The van der Waals surface area contributed by atoms with Crippen molar-refractivity contribution >= 4 is 5.69 Å². The van der Waals surface area contributed by atoms with Crippen LogP contribution in [-0.2, 0) is 13.1 Å². The molecule has 0 amide bonds.